The molecule has 0 radical (unpaired) electrons. The van der Waals surface area contributed by atoms with Crippen LogP contribution in [0.5, 0.6) is 11.5 Å². The van der Waals surface area contributed by atoms with Gasteiger partial charge in [0, 0.05) is 18.7 Å². The van der Waals surface area contributed by atoms with Gasteiger partial charge < -0.3 is 20.5 Å². The predicted molar refractivity (Wildman–Crippen MR) is 98.7 cm³/mol. The van der Waals surface area contributed by atoms with Crippen LogP contribution in [0, 0.1) is 5.41 Å². The number of aromatic hydroxyl groups is 1. The van der Waals surface area contributed by atoms with E-state index in [0.717, 1.165) is 24.6 Å². The number of phenolic OH excluding ortho intramolecular Hbond substituents is 1. The number of benzene rings is 1. The van der Waals surface area contributed by atoms with E-state index in [1.165, 1.54) is 32.1 Å². The quantitative estimate of drug-likeness (QED) is 0.528. The average Bonchev–Trinajstić information content (AvgIpc) is 3.08. The molecule has 1 aromatic rings. The Morgan fingerprint density at radius 2 is 2.00 bits per heavy atom. The van der Waals surface area contributed by atoms with Gasteiger partial charge in [0.2, 0.25) is 0 Å². The molecule has 1 aromatic carbocycles. The van der Waals surface area contributed by atoms with Crippen molar-refractivity contribution in [2.24, 2.45) is 10.4 Å². The number of aliphatic imine (C=N–C) groups is 1. The standard InChI is InChI=1S/C19H31N3O2/c1-4-19(11-6-7-12-19)14-22-18(20-5-2)21-13-15-9-8-10-16(24-3)17(15)23/h8-10,23H,4-7,11-14H2,1-3H3,(H2,20,21,22). The van der Waals surface area contributed by atoms with Crippen LogP contribution in [0.2, 0.25) is 0 Å². The normalized spacial score (nSPS) is 16.9. The van der Waals surface area contributed by atoms with Crippen molar-refractivity contribution in [2.75, 3.05) is 20.2 Å². The fraction of sp³-hybridized carbons (Fsp3) is 0.632. The van der Waals surface area contributed by atoms with Crippen molar-refractivity contribution in [3.63, 3.8) is 0 Å². The van der Waals surface area contributed by atoms with Crippen LogP contribution in [0.25, 0.3) is 0 Å². The molecule has 0 aliphatic heterocycles. The number of ether oxygens (including phenoxy) is 1. The van der Waals surface area contributed by atoms with Crippen LogP contribution in [-0.4, -0.2) is 31.3 Å². The number of guanidine groups is 1. The summed E-state index contributed by atoms with van der Waals surface area (Å²) < 4.78 is 5.15. The predicted octanol–water partition coefficient (Wildman–Crippen LogP) is 3.43. The first kappa shape index (κ1) is 18.4. The zero-order valence-corrected chi connectivity index (χ0v) is 15.2. The Hall–Kier alpha value is -1.91. The Morgan fingerprint density at radius 3 is 2.62 bits per heavy atom. The third-order valence-corrected chi connectivity index (χ3v) is 5.10. The van der Waals surface area contributed by atoms with Crippen LogP contribution in [0.15, 0.2) is 23.2 Å². The molecule has 24 heavy (non-hydrogen) atoms. The van der Waals surface area contributed by atoms with Crippen molar-refractivity contribution < 1.29 is 9.84 Å². The summed E-state index contributed by atoms with van der Waals surface area (Å²) in [7, 11) is 1.56. The van der Waals surface area contributed by atoms with Crippen molar-refractivity contribution in [3.8, 4) is 11.5 Å². The fourth-order valence-electron chi connectivity index (χ4n) is 3.42. The number of hydrogen-bond acceptors (Lipinski definition) is 3. The molecule has 5 heteroatoms. The Balaban J connectivity index is 2.03. The molecule has 0 bridgehead atoms. The zero-order valence-electron chi connectivity index (χ0n) is 15.2. The Morgan fingerprint density at radius 1 is 1.25 bits per heavy atom. The van der Waals surface area contributed by atoms with Gasteiger partial charge in [0.1, 0.15) is 0 Å². The molecule has 0 heterocycles. The summed E-state index contributed by atoms with van der Waals surface area (Å²) in [6, 6.07) is 5.49. The molecule has 1 saturated carbocycles. The van der Waals surface area contributed by atoms with Gasteiger partial charge in [-0.3, -0.25) is 0 Å². The van der Waals surface area contributed by atoms with Gasteiger partial charge in [-0.05, 0) is 37.7 Å². The second-order valence-corrected chi connectivity index (χ2v) is 6.58. The molecular weight excluding hydrogens is 302 g/mol. The number of methoxy groups -OCH3 is 1. The molecule has 0 amide bonds. The highest BCUT2D eigenvalue weighted by Crippen LogP contribution is 2.40. The highest BCUT2D eigenvalue weighted by atomic mass is 16.5. The van der Waals surface area contributed by atoms with E-state index >= 15 is 0 Å². The van der Waals surface area contributed by atoms with Gasteiger partial charge in [-0.2, -0.15) is 0 Å². The van der Waals surface area contributed by atoms with Crippen LogP contribution < -0.4 is 15.4 Å². The second kappa shape index (κ2) is 8.81. The SMILES string of the molecule is CCNC(=NCc1cccc(OC)c1O)NCC1(CC)CCCC1. The zero-order chi connectivity index (χ0) is 17.4. The molecular formula is C19H31N3O2. The van der Waals surface area contributed by atoms with Crippen LogP contribution in [0.1, 0.15) is 51.5 Å². The van der Waals surface area contributed by atoms with E-state index < -0.39 is 0 Å². The van der Waals surface area contributed by atoms with E-state index in [1.54, 1.807) is 13.2 Å². The number of hydrogen-bond donors (Lipinski definition) is 3. The highest BCUT2D eigenvalue weighted by molar-refractivity contribution is 5.79. The molecule has 2 rings (SSSR count). The molecule has 0 aromatic heterocycles. The lowest BCUT2D eigenvalue weighted by Crippen LogP contribution is -2.42. The maximum atomic E-state index is 10.2. The maximum absolute atomic E-state index is 10.2. The Bertz CT molecular complexity index is 552. The van der Waals surface area contributed by atoms with Gasteiger partial charge >= 0.3 is 0 Å². The molecule has 1 aliphatic rings. The minimum atomic E-state index is 0.167. The summed E-state index contributed by atoms with van der Waals surface area (Å²) in [4.78, 5) is 4.63. The largest absolute Gasteiger partial charge is 0.504 e. The summed E-state index contributed by atoms with van der Waals surface area (Å²) in [5.74, 6) is 1.46. The van der Waals surface area contributed by atoms with Gasteiger partial charge in [-0.1, -0.05) is 31.9 Å². The number of phenols is 1. The van der Waals surface area contributed by atoms with E-state index in [-0.39, 0.29) is 5.75 Å². The van der Waals surface area contributed by atoms with Crippen LogP contribution >= 0.6 is 0 Å². The fourth-order valence-corrected chi connectivity index (χ4v) is 3.42. The maximum Gasteiger partial charge on any atom is 0.191 e. The Kier molecular flexibility index (Phi) is 6.76. The summed E-state index contributed by atoms with van der Waals surface area (Å²) in [5, 5.41) is 17.0. The summed E-state index contributed by atoms with van der Waals surface area (Å²) in [6.45, 7) is 6.53. The van der Waals surface area contributed by atoms with Crippen LogP contribution in [0.3, 0.4) is 0 Å². The number of rotatable bonds is 7. The lowest BCUT2D eigenvalue weighted by Gasteiger charge is -2.28. The molecule has 0 spiro atoms. The number of nitrogens with zero attached hydrogens (tertiary/aromatic N) is 1. The second-order valence-electron chi connectivity index (χ2n) is 6.58. The van der Waals surface area contributed by atoms with Gasteiger partial charge in [0.05, 0.1) is 13.7 Å². The van der Waals surface area contributed by atoms with Gasteiger partial charge in [-0.25, -0.2) is 4.99 Å². The van der Waals surface area contributed by atoms with Crippen molar-refractivity contribution in [1.29, 1.82) is 0 Å². The molecule has 5 nitrogen and oxygen atoms in total. The van der Waals surface area contributed by atoms with E-state index in [4.69, 9.17) is 4.74 Å². The summed E-state index contributed by atoms with van der Waals surface area (Å²) in [6.07, 6.45) is 6.47. The number of nitrogens with one attached hydrogen (secondary N) is 2. The first-order valence-electron chi connectivity index (χ1n) is 9.01. The average molecular weight is 333 g/mol. The van der Waals surface area contributed by atoms with Crippen LogP contribution in [0.4, 0.5) is 0 Å². The smallest absolute Gasteiger partial charge is 0.191 e. The molecule has 3 N–H and O–H groups in total. The van der Waals surface area contributed by atoms with Crippen molar-refractivity contribution in [3.05, 3.63) is 23.8 Å². The molecule has 0 unspecified atom stereocenters. The topological polar surface area (TPSA) is 65.9 Å². The van der Waals surface area contributed by atoms with E-state index in [2.05, 4.69) is 29.5 Å². The summed E-state index contributed by atoms with van der Waals surface area (Å²) >= 11 is 0. The van der Waals surface area contributed by atoms with E-state index in [1.807, 2.05) is 12.1 Å². The molecule has 1 fully saturated rings. The van der Waals surface area contributed by atoms with Gasteiger partial charge in [0.25, 0.3) is 0 Å². The molecule has 0 saturated heterocycles. The lowest BCUT2D eigenvalue weighted by molar-refractivity contribution is 0.283. The molecule has 134 valence electrons. The third kappa shape index (κ3) is 4.56. The lowest BCUT2D eigenvalue weighted by atomic mass is 9.83. The van der Waals surface area contributed by atoms with Crippen LogP contribution in [-0.2, 0) is 6.54 Å². The minimum absolute atomic E-state index is 0.167. The van der Waals surface area contributed by atoms with E-state index in [0.29, 0.717) is 17.7 Å². The molecule has 0 atom stereocenters. The first-order chi connectivity index (χ1) is 11.6. The summed E-state index contributed by atoms with van der Waals surface area (Å²) in [5.41, 5.74) is 1.17. The van der Waals surface area contributed by atoms with Gasteiger partial charge in [0.15, 0.2) is 17.5 Å². The van der Waals surface area contributed by atoms with Crippen molar-refractivity contribution in [2.45, 2.75) is 52.5 Å². The van der Waals surface area contributed by atoms with Crippen molar-refractivity contribution in [1.82, 2.24) is 10.6 Å². The van der Waals surface area contributed by atoms with Gasteiger partial charge in [-0.15, -0.1) is 0 Å². The molecule has 1 aliphatic carbocycles. The third-order valence-electron chi connectivity index (χ3n) is 5.10. The number of para-hydroxylation sites is 1. The van der Waals surface area contributed by atoms with Crippen molar-refractivity contribution >= 4 is 5.96 Å². The monoisotopic (exact) mass is 333 g/mol. The first-order valence-corrected chi connectivity index (χ1v) is 9.01. The van der Waals surface area contributed by atoms with E-state index in [9.17, 15) is 5.11 Å². The Labute approximate surface area is 145 Å². The highest BCUT2D eigenvalue weighted by Gasteiger charge is 2.31. The minimum Gasteiger partial charge on any atom is -0.504 e.